The van der Waals surface area contributed by atoms with Crippen molar-refractivity contribution in [3.8, 4) is 5.75 Å². The van der Waals surface area contributed by atoms with Crippen molar-refractivity contribution in [2.75, 3.05) is 13.2 Å². The first kappa shape index (κ1) is 16.2. The van der Waals surface area contributed by atoms with Crippen LogP contribution in [-0.4, -0.2) is 24.8 Å². The molecule has 0 unspecified atom stereocenters. The van der Waals surface area contributed by atoms with Gasteiger partial charge in [0.1, 0.15) is 11.6 Å². The van der Waals surface area contributed by atoms with Crippen LogP contribution in [-0.2, 0) is 4.79 Å². The number of nitrogens with one attached hydrogen (secondary N) is 1. The molecule has 0 spiro atoms. The molecule has 0 saturated heterocycles. The first-order valence-electron chi connectivity index (χ1n) is 7.91. The van der Waals surface area contributed by atoms with Gasteiger partial charge in [0.05, 0.1) is 0 Å². The molecule has 0 bridgehead atoms. The normalized spacial score (nSPS) is 13.4. The van der Waals surface area contributed by atoms with Crippen molar-refractivity contribution in [3.05, 3.63) is 65.5 Å². The zero-order chi connectivity index (χ0) is 16.9. The Morgan fingerprint density at radius 3 is 2.17 bits per heavy atom. The molecule has 1 aliphatic carbocycles. The molecule has 0 aromatic heterocycles. The second kappa shape index (κ2) is 7.25. The van der Waals surface area contributed by atoms with Crippen LogP contribution in [0.4, 0.5) is 4.39 Å². The van der Waals surface area contributed by atoms with Gasteiger partial charge in [0, 0.05) is 17.7 Å². The van der Waals surface area contributed by atoms with E-state index in [4.69, 9.17) is 4.74 Å². The first-order chi connectivity index (χ1) is 11.6. The van der Waals surface area contributed by atoms with Crippen LogP contribution < -0.4 is 10.1 Å². The minimum Gasteiger partial charge on any atom is -0.484 e. The van der Waals surface area contributed by atoms with Gasteiger partial charge in [0.2, 0.25) is 0 Å². The van der Waals surface area contributed by atoms with Crippen molar-refractivity contribution in [2.45, 2.75) is 12.8 Å². The van der Waals surface area contributed by atoms with E-state index < -0.39 is 0 Å². The Hall–Kier alpha value is -2.69. The summed E-state index contributed by atoms with van der Waals surface area (Å²) in [6, 6.07) is 12.0. The molecule has 0 radical (unpaired) electrons. The van der Waals surface area contributed by atoms with E-state index in [1.54, 1.807) is 24.3 Å². The number of hydrogen-bond acceptors (Lipinski definition) is 3. The molecular formula is C19H18FNO3. The van der Waals surface area contributed by atoms with Gasteiger partial charge < -0.3 is 10.1 Å². The van der Waals surface area contributed by atoms with E-state index in [1.165, 1.54) is 37.1 Å². The Bertz CT molecular complexity index is 721. The maximum Gasteiger partial charge on any atom is 0.257 e. The highest BCUT2D eigenvalue weighted by Gasteiger charge is 2.21. The molecule has 5 heteroatoms. The average Bonchev–Trinajstić information content (AvgIpc) is 3.43. The number of carbonyl (C=O) groups is 2. The average molecular weight is 327 g/mol. The number of ether oxygens (including phenoxy) is 1. The maximum absolute atomic E-state index is 12.9. The number of rotatable bonds is 7. The minimum atomic E-state index is -0.379. The van der Waals surface area contributed by atoms with E-state index in [2.05, 4.69) is 5.32 Å². The molecule has 0 atom stereocenters. The Morgan fingerprint density at radius 1 is 1.00 bits per heavy atom. The van der Waals surface area contributed by atoms with E-state index in [0.29, 0.717) is 29.3 Å². The quantitative estimate of drug-likeness (QED) is 0.796. The van der Waals surface area contributed by atoms with Gasteiger partial charge in [-0.3, -0.25) is 9.59 Å². The van der Waals surface area contributed by atoms with Crippen LogP contribution in [0.1, 0.15) is 28.8 Å². The summed E-state index contributed by atoms with van der Waals surface area (Å²) < 4.78 is 18.3. The monoisotopic (exact) mass is 327 g/mol. The summed E-state index contributed by atoms with van der Waals surface area (Å²) in [5, 5.41) is 2.82. The molecule has 1 amide bonds. The number of benzene rings is 2. The zero-order valence-electron chi connectivity index (χ0n) is 13.1. The van der Waals surface area contributed by atoms with Crippen molar-refractivity contribution in [1.29, 1.82) is 0 Å². The molecule has 0 aliphatic heterocycles. The Kier molecular flexibility index (Phi) is 4.89. The first-order valence-corrected chi connectivity index (χ1v) is 7.91. The molecule has 4 nitrogen and oxygen atoms in total. The summed E-state index contributed by atoms with van der Waals surface area (Å²) in [7, 11) is 0. The van der Waals surface area contributed by atoms with E-state index >= 15 is 0 Å². The van der Waals surface area contributed by atoms with Crippen LogP contribution in [0.3, 0.4) is 0 Å². The molecule has 124 valence electrons. The van der Waals surface area contributed by atoms with Crippen LogP contribution in [0.5, 0.6) is 5.75 Å². The van der Waals surface area contributed by atoms with Crippen molar-refractivity contribution in [1.82, 2.24) is 5.32 Å². The Labute approximate surface area is 139 Å². The lowest BCUT2D eigenvalue weighted by Crippen LogP contribution is -2.30. The van der Waals surface area contributed by atoms with Crippen LogP contribution >= 0.6 is 0 Å². The highest BCUT2D eigenvalue weighted by Crippen LogP contribution is 2.27. The third-order valence-corrected chi connectivity index (χ3v) is 3.88. The lowest BCUT2D eigenvalue weighted by atomic mass is 10.0. The van der Waals surface area contributed by atoms with Crippen LogP contribution in [0.15, 0.2) is 48.5 Å². The van der Waals surface area contributed by atoms with Crippen LogP contribution in [0, 0.1) is 11.7 Å². The predicted octanol–water partition coefficient (Wildman–Crippen LogP) is 2.96. The molecule has 1 saturated carbocycles. The highest BCUT2D eigenvalue weighted by molar-refractivity contribution is 6.09. The van der Waals surface area contributed by atoms with Gasteiger partial charge in [-0.15, -0.1) is 0 Å². The molecule has 2 aromatic carbocycles. The SMILES string of the molecule is O=C(COc1ccc(C(=O)c2ccc(F)cc2)cc1)NCC1CC1. The molecule has 24 heavy (non-hydrogen) atoms. The largest absolute Gasteiger partial charge is 0.484 e. The van der Waals surface area contributed by atoms with Crippen molar-refractivity contribution < 1.29 is 18.7 Å². The van der Waals surface area contributed by atoms with Crippen molar-refractivity contribution in [3.63, 3.8) is 0 Å². The molecule has 2 aromatic rings. The lowest BCUT2D eigenvalue weighted by molar-refractivity contribution is -0.123. The number of halogens is 1. The topological polar surface area (TPSA) is 55.4 Å². The third kappa shape index (κ3) is 4.41. The van der Waals surface area contributed by atoms with Crippen LogP contribution in [0.2, 0.25) is 0 Å². The van der Waals surface area contributed by atoms with Crippen LogP contribution in [0.25, 0.3) is 0 Å². The van der Waals surface area contributed by atoms with Gasteiger partial charge in [-0.05, 0) is 67.3 Å². The van der Waals surface area contributed by atoms with Gasteiger partial charge >= 0.3 is 0 Å². The number of amides is 1. The van der Waals surface area contributed by atoms with E-state index in [-0.39, 0.29) is 24.1 Å². The number of ketones is 1. The smallest absolute Gasteiger partial charge is 0.257 e. The molecular weight excluding hydrogens is 309 g/mol. The zero-order valence-corrected chi connectivity index (χ0v) is 13.1. The second-order valence-electron chi connectivity index (χ2n) is 5.90. The number of hydrogen-bond donors (Lipinski definition) is 1. The molecule has 0 heterocycles. The van der Waals surface area contributed by atoms with E-state index in [0.717, 1.165) is 0 Å². The van der Waals surface area contributed by atoms with E-state index in [9.17, 15) is 14.0 Å². The Balaban J connectivity index is 1.53. The summed E-state index contributed by atoms with van der Waals surface area (Å²) in [4.78, 5) is 23.9. The van der Waals surface area contributed by atoms with Gasteiger partial charge in [-0.2, -0.15) is 0 Å². The lowest BCUT2D eigenvalue weighted by Gasteiger charge is -2.08. The predicted molar refractivity (Wildman–Crippen MR) is 87.5 cm³/mol. The second-order valence-corrected chi connectivity index (χ2v) is 5.90. The molecule has 3 rings (SSSR count). The third-order valence-electron chi connectivity index (χ3n) is 3.88. The molecule has 1 aliphatic rings. The fourth-order valence-corrected chi connectivity index (χ4v) is 2.25. The van der Waals surface area contributed by atoms with Gasteiger partial charge in [-0.25, -0.2) is 4.39 Å². The summed E-state index contributed by atoms with van der Waals surface area (Å²) in [5.74, 6) is 0.435. The van der Waals surface area contributed by atoms with Crippen molar-refractivity contribution >= 4 is 11.7 Å². The van der Waals surface area contributed by atoms with Gasteiger partial charge in [0.15, 0.2) is 12.4 Å². The molecule has 1 fully saturated rings. The fourth-order valence-electron chi connectivity index (χ4n) is 2.25. The number of carbonyl (C=O) groups excluding carboxylic acids is 2. The van der Waals surface area contributed by atoms with Gasteiger partial charge in [-0.1, -0.05) is 0 Å². The standard InChI is InChI=1S/C19H18FNO3/c20-16-7-3-14(4-8-16)19(23)15-5-9-17(10-6-15)24-12-18(22)21-11-13-1-2-13/h3-10,13H,1-2,11-12H2,(H,21,22). The summed E-state index contributed by atoms with van der Waals surface area (Å²) >= 11 is 0. The summed E-state index contributed by atoms with van der Waals surface area (Å²) in [6.45, 7) is 0.672. The summed E-state index contributed by atoms with van der Waals surface area (Å²) in [5.41, 5.74) is 0.900. The van der Waals surface area contributed by atoms with Gasteiger partial charge in [0.25, 0.3) is 5.91 Å². The Morgan fingerprint density at radius 2 is 1.58 bits per heavy atom. The van der Waals surface area contributed by atoms with E-state index in [1.807, 2.05) is 0 Å². The summed E-state index contributed by atoms with van der Waals surface area (Å²) in [6.07, 6.45) is 2.37. The highest BCUT2D eigenvalue weighted by atomic mass is 19.1. The minimum absolute atomic E-state index is 0.0437. The fraction of sp³-hybridized carbons (Fsp3) is 0.263. The maximum atomic E-state index is 12.9. The molecule has 1 N–H and O–H groups in total. The van der Waals surface area contributed by atoms with Crippen molar-refractivity contribution in [2.24, 2.45) is 5.92 Å².